The van der Waals surface area contributed by atoms with E-state index < -0.39 is 8.32 Å². The minimum absolute atomic E-state index is 0.0901. The summed E-state index contributed by atoms with van der Waals surface area (Å²) in [5.74, 6) is 0. The maximum Gasteiger partial charge on any atom is 0.192 e. The van der Waals surface area contributed by atoms with E-state index in [0.717, 1.165) is 17.6 Å². The summed E-state index contributed by atoms with van der Waals surface area (Å²) in [6.07, 6.45) is 2.26. The lowest BCUT2D eigenvalue weighted by atomic mass is 9.95. The lowest BCUT2D eigenvalue weighted by molar-refractivity contribution is 0.147. The van der Waals surface area contributed by atoms with E-state index in [0.29, 0.717) is 0 Å². The number of fused-ring (bicyclic) bond motifs is 1. The van der Waals surface area contributed by atoms with Gasteiger partial charge in [-0.05, 0) is 52.9 Å². The Hall–Kier alpha value is 0.147. The van der Waals surface area contributed by atoms with Crippen LogP contribution in [0.3, 0.4) is 0 Å². The molecule has 24 heavy (non-hydrogen) atoms. The van der Waals surface area contributed by atoms with E-state index in [9.17, 15) is 0 Å². The Morgan fingerprint density at radius 2 is 1.79 bits per heavy atom. The van der Waals surface area contributed by atoms with E-state index in [1.807, 2.05) is 0 Å². The Morgan fingerprint density at radius 1 is 1.17 bits per heavy atom. The quantitative estimate of drug-likeness (QED) is 0.303. The molecule has 5 heteroatoms. The summed E-state index contributed by atoms with van der Waals surface area (Å²) < 4.78 is 11.3. The summed E-state index contributed by atoms with van der Waals surface area (Å²) in [5.41, 5.74) is 1.38. The molecular formula is C19H29BrINOSi. The van der Waals surface area contributed by atoms with Crippen LogP contribution < -0.4 is 0 Å². The molecule has 1 aromatic carbocycles. The second-order valence-electron chi connectivity index (χ2n) is 8.98. The average molecular weight is 522 g/mol. The van der Waals surface area contributed by atoms with Gasteiger partial charge in [0.1, 0.15) is 0 Å². The van der Waals surface area contributed by atoms with E-state index in [2.05, 4.69) is 115 Å². The van der Waals surface area contributed by atoms with E-state index in [1.54, 1.807) is 0 Å². The predicted molar refractivity (Wildman–Crippen MR) is 119 cm³/mol. The van der Waals surface area contributed by atoms with Gasteiger partial charge in [-0.15, -0.1) is 0 Å². The molecule has 0 bridgehead atoms. The van der Waals surface area contributed by atoms with Gasteiger partial charge in [0.05, 0.1) is 5.52 Å². The number of benzene rings is 1. The third-order valence-corrected chi connectivity index (χ3v) is 10.9. The molecule has 0 atom stereocenters. The molecule has 134 valence electrons. The van der Waals surface area contributed by atoms with Crippen LogP contribution in [0.5, 0.6) is 0 Å². The Morgan fingerprint density at radius 3 is 2.38 bits per heavy atom. The zero-order chi connectivity index (χ0) is 18.3. The fourth-order valence-electron chi connectivity index (χ4n) is 2.45. The molecule has 1 heterocycles. The minimum Gasteiger partial charge on any atom is -0.416 e. The van der Waals surface area contributed by atoms with Crippen LogP contribution in [0.25, 0.3) is 10.9 Å². The SMILES string of the molecule is CC(C)(CO[Si](C)(C)C(C)(C)C)Cn1cc(I)c2ccc(Br)cc21. The van der Waals surface area contributed by atoms with E-state index in [4.69, 9.17) is 4.43 Å². The zero-order valence-corrected chi connectivity index (χ0v) is 20.6. The molecule has 0 spiro atoms. The fourth-order valence-corrected chi connectivity index (χ4v) is 4.78. The van der Waals surface area contributed by atoms with E-state index >= 15 is 0 Å². The van der Waals surface area contributed by atoms with Crippen LogP contribution in [0.2, 0.25) is 18.1 Å². The van der Waals surface area contributed by atoms with Crippen LogP contribution in [-0.4, -0.2) is 19.5 Å². The Labute approximate surface area is 169 Å². The number of hydrogen-bond donors (Lipinski definition) is 0. The van der Waals surface area contributed by atoms with Crippen molar-refractivity contribution >= 4 is 57.7 Å². The summed E-state index contributed by atoms with van der Waals surface area (Å²) in [4.78, 5) is 0. The van der Waals surface area contributed by atoms with Gasteiger partial charge in [0.15, 0.2) is 8.32 Å². The third kappa shape index (κ3) is 4.65. The molecule has 2 rings (SSSR count). The molecule has 0 aliphatic carbocycles. The van der Waals surface area contributed by atoms with Crippen molar-refractivity contribution in [2.45, 2.75) is 59.3 Å². The van der Waals surface area contributed by atoms with Crippen molar-refractivity contribution in [1.82, 2.24) is 4.57 Å². The van der Waals surface area contributed by atoms with Crippen molar-refractivity contribution in [2.75, 3.05) is 6.61 Å². The summed E-state index contributed by atoms with van der Waals surface area (Å²) in [6, 6.07) is 6.51. The van der Waals surface area contributed by atoms with Gasteiger partial charge in [-0.25, -0.2) is 0 Å². The van der Waals surface area contributed by atoms with Crippen LogP contribution in [0.4, 0.5) is 0 Å². The fraction of sp³-hybridized carbons (Fsp3) is 0.579. The largest absolute Gasteiger partial charge is 0.416 e. The monoisotopic (exact) mass is 521 g/mol. The lowest BCUT2D eigenvalue weighted by Gasteiger charge is -2.39. The van der Waals surface area contributed by atoms with Gasteiger partial charge in [0, 0.05) is 38.2 Å². The van der Waals surface area contributed by atoms with Crippen LogP contribution >= 0.6 is 38.5 Å². The van der Waals surface area contributed by atoms with Gasteiger partial charge in [-0.2, -0.15) is 0 Å². The zero-order valence-electron chi connectivity index (χ0n) is 15.8. The minimum atomic E-state index is -1.71. The third-order valence-electron chi connectivity index (χ3n) is 5.02. The molecule has 1 aromatic heterocycles. The van der Waals surface area contributed by atoms with Crippen molar-refractivity contribution in [3.63, 3.8) is 0 Å². The van der Waals surface area contributed by atoms with Crippen LogP contribution in [0.1, 0.15) is 34.6 Å². The van der Waals surface area contributed by atoms with E-state index in [1.165, 1.54) is 14.5 Å². The molecule has 0 saturated heterocycles. The highest BCUT2D eigenvalue weighted by atomic mass is 127. The molecule has 0 amide bonds. The van der Waals surface area contributed by atoms with Crippen LogP contribution in [0, 0.1) is 8.99 Å². The Bertz CT molecular complexity index is 731. The molecule has 0 radical (unpaired) electrons. The first-order valence-corrected chi connectivity index (χ1v) is 13.2. The van der Waals surface area contributed by atoms with Gasteiger partial charge in [0.25, 0.3) is 0 Å². The number of halogens is 2. The van der Waals surface area contributed by atoms with Crippen molar-refractivity contribution in [2.24, 2.45) is 5.41 Å². The number of hydrogen-bond acceptors (Lipinski definition) is 1. The molecule has 2 nitrogen and oxygen atoms in total. The van der Waals surface area contributed by atoms with Gasteiger partial charge in [-0.3, -0.25) is 0 Å². The lowest BCUT2D eigenvalue weighted by Crippen LogP contribution is -2.43. The highest BCUT2D eigenvalue weighted by Gasteiger charge is 2.38. The van der Waals surface area contributed by atoms with Gasteiger partial charge >= 0.3 is 0 Å². The number of nitrogens with zero attached hydrogens (tertiary/aromatic N) is 1. The van der Waals surface area contributed by atoms with Crippen molar-refractivity contribution < 1.29 is 4.43 Å². The van der Waals surface area contributed by atoms with Crippen molar-refractivity contribution in [1.29, 1.82) is 0 Å². The normalized spacial score (nSPS) is 13.7. The highest BCUT2D eigenvalue weighted by molar-refractivity contribution is 14.1. The smallest absolute Gasteiger partial charge is 0.192 e. The number of rotatable bonds is 5. The first kappa shape index (κ1) is 20.5. The van der Waals surface area contributed by atoms with Crippen molar-refractivity contribution in [3.8, 4) is 0 Å². The summed E-state index contributed by atoms with van der Waals surface area (Å²) in [5, 5.41) is 1.57. The molecular weight excluding hydrogens is 493 g/mol. The van der Waals surface area contributed by atoms with Gasteiger partial charge < -0.3 is 8.99 Å². The summed E-state index contributed by atoms with van der Waals surface area (Å²) in [7, 11) is -1.71. The predicted octanol–water partition coefficient (Wildman–Crippen LogP) is 7.06. The molecule has 0 unspecified atom stereocenters. The number of aromatic nitrogens is 1. The average Bonchev–Trinajstić information content (AvgIpc) is 2.71. The van der Waals surface area contributed by atoms with Gasteiger partial charge in [-0.1, -0.05) is 56.6 Å². The second kappa shape index (κ2) is 7.04. The van der Waals surface area contributed by atoms with E-state index in [-0.39, 0.29) is 10.5 Å². The molecule has 0 saturated carbocycles. The van der Waals surface area contributed by atoms with Crippen LogP contribution in [0.15, 0.2) is 28.9 Å². The molecule has 0 fully saturated rings. The standard InChI is InChI=1S/C19H29BrINOSi/c1-18(2,3)24(6,7)23-13-19(4,5)12-22-11-16(21)15-9-8-14(20)10-17(15)22/h8-11H,12-13H2,1-7H3. The summed E-state index contributed by atoms with van der Waals surface area (Å²) in [6.45, 7) is 17.9. The summed E-state index contributed by atoms with van der Waals surface area (Å²) >= 11 is 6.03. The maximum atomic E-state index is 6.49. The molecule has 0 aliphatic rings. The Balaban J connectivity index is 2.19. The van der Waals surface area contributed by atoms with Crippen LogP contribution in [-0.2, 0) is 11.0 Å². The molecule has 0 aliphatic heterocycles. The Kier molecular flexibility index (Phi) is 6.00. The topological polar surface area (TPSA) is 14.2 Å². The highest BCUT2D eigenvalue weighted by Crippen LogP contribution is 2.38. The van der Waals surface area contributed by atoms with Crippen molar-refractivity contribution in [3.05, 3.63) is 32.4 Å². The van der Waals surface area contributed by atoms with Gasteiger partial charge in [0.2, 0.25) is 0 Å². The first-order valence-electron chi connectivity index (χ1n) is 8.40. The molecule has 2 aromatic rings. The first-order chi connectivity index (χ1) is 10.8. The maximum absolute atomic E-state index is 6.49. The second-order valence-corrected chi connectivity index (χ2v) is 15.9. The molecule has 0 N–H and O–H groups in total.